The Hall–Kier alpha value is -3.15. The topological polar surface area (TPSA) is 69.2 Å². The van der Waals surface area contributed by atoms with Crippen LogP contribution >= 0.6 is 0 Å². The normalized spacial score (nSPS) is 10.4. The maximum absolute atomic E-state index is 5.95. The molecule has 0 unspecified atom stereocenters. The van der Waals surface area contributed by atoms with Crippen LogP contribution in [0.2, 0.25) is 0 Å². The van der Waals surface area contributed by atoms with Crippen molar-refractivity contribution in [1.82, 2.24) is 15.0 Å². The molecule has 6 heteroatoms. The Kier molecular flexibility index (Phi) is 5.63. The minimum atomic E-state index is 0.548. The lowest BCUT2D eigenvalue weighted by Crippen LogP contribution is -2.06. The number of ether oxygens (including phenoxy) is 2. The van der Waals surface area contributed by atoms with Crippen molar-refractivity contribution in [3.05, 3.63) is 65.7 Å². The van der Waals surface area contributed by atoms with Gasteiger partial charge in [0, 0.05) is 36.1 Å². The van der Waals surface area contributed by atoms with Gasteiger partial charge in [0.1, 0.15) is 23.1 Å². The molecule has 0 spiro atoms. The summed E-state index contributed by atoms with van der Waals surface area (Å²) < 4.78 is 11.2. The van der Waals surface area contributed by atoms with Crippen LogP contribution in [-0.2, 0) is 13.0 Å². The van der Waals surface area contributed by atoms with Crippen LogP contribution in [0.1, 0.15) is 24.0 Å². The molecule has 2 aromatic heterocycles. The number of methoxy groups -OCH3 is 1. The number of nitrogens with one attached hydrogen (secondary N) is 1. The summed E-state index contributed by atoms with van der Waals surface area (Å²) >= 11 is 0. The molecule has 6 nitrogen and oxygen atoms in total. The Morgan fingerprint density at radius 2 is 1.88 bits per heavy atom. The Labute approximate surface area is 153 Å². The first kappa shape index (κ1) is 17.7. The van der Waals surface area contributed by atoms with Gasteiger partial charge in [0.15, 0.2) is 0 Å². The van der Waals surface area contributed by atoms with Crippen LogP contribution < -0.4 is 14.8 Å². The molecule has 26 heavy (non-hydrogen) atoms. The third-order valence-corrected chi connectivity index (χ3v) is 3.82. The summed E-state index contributed by atoms with van der Waals surface area (Å²) in [5.41, 5.74) is 1.95. The Morgan fingerprint density at radius 1 is 1.04 bits per heavy atom. The zero-order valence-corrected chi connectivity index (χ0v) is 15.2. The lowest BCUT2D eigenvalue weighted by Gasteiger charge is -2.12. The van der Waals surface area contributed by atoms with Gasteiger partial charge in [-0.15, -0.1) is 0 Å². The van der Waals surface area contributed by atoms with E-state index >= 15 is 0 Å². The van der Waals surface area contributed by atoms with Crippen LogP contribution in [0.15, 0.2) is 48.7 Å². The van der Waals surface area contributed by atoms with E-state index in [9.17, 15) is 0 Å². The van der Waals surface area contributed by atoms with Gasteiger partial charge in [-0.05, 0) is 31.5 Å². The van der Waals surface area contributed by atoms with Gasteiger partial charge in [-0.3, -0.25) is 0 Å². The predicted molar refractivity (Wildman–Crippen MR) is 101 cm³/mol. The molecule has 0 saturated carbocycles. The van der Waals surface area contributed by atoms with Crippen LogP contribution in [0, 0.1) is 6.92 Å². The smallest absolute Gasteiger partial charge is 0.224 e. The van der Waals surface area contributed by atoms with Crippen molar-refractivity contribution in [3.8, 4) is 17.4 Å². The standard InChI is InChI=1S/C20H22N4O2/c1-4-16-11-19(24-14(2)23-16)22-13-15-7-6-10-21-20(15)26-18-9-5-8-17(12-18)25-3/h5-12H,4,13H2,1-3H3,(H,22,23,24). The number of nitrogens with zero attached hydrogens (tertiary/aromatic N) is 3. The largest absolute Gasteiger partial charge is 0.497 e. The summed E-state index contributed by atoms with van der Waals surface area (Å²) in [6, 6.07) is 13.3. The van der Waals surface area contributed by atoms with Gasteiger partial charge < -0.3 is 14.8 Å². The third-order valence-electron chi connectivity index (χ3n) is 3.82. The maximum Gasteiger partial charge on any atom is 0.224 e. The highest BCUT2D eigenvalue weighted by atomic mass is 16.5. The number of hydrogen-bond acceptors (Lipinski definition) is 6. The summed E-state index contributed by atoms with van der Waals surface area (Å²) in [4.78, 5) is 13.2. The average Bonchev–Trinajstić information content (AvgIpc) is 2.67. The van der Waals surface area contributed by atoms with Gasteiger partial charge in [-0.1, -0.05) is 19.1 Å². The van der Waals surface area contributed by atoms with E-state index < -0.39 is 0 Å². The molecule has 0 aliphatic heterocycles. The van der Waals surface area contributed by atoms with Crippen LogP contribution in [-0.4, -0.2) is 22.1 Å². The molecule has 0 fully saturated rings. The highest BCUT2D eigenvalue weighted by Gasteiger charge is 2.08. The van der Waals surface area contributed by atoms with Crippen molar-refractivity contribution in [2.24, 2.45) is 0 Å². The first-order valence-corrected chi connectivity index (χ1v) is 8.52. The Morgan fingerprint density at radius 3 is 2.69 bits per heavy atom. The monoisotopic (exact) mass is 350 g/mol. The fraction of sp³-hybridized carbons (Fsp3) is 0.250. The van der Waals surface area contributed by atoms with Crippen LogP contribution in [0.4, 0.5) is 5.82 Å². The SMILES string of the molecule is CCc1cc(NCc2cccnc2Oc2cccc(OC)c2)nc(C)n1. The minimum Gasteiger partial charge on any atom is -0.497 e. The van der Waals surface area contributed by atoms with Crippen molar-refractivity contribution in [3.63, 3.8) is 0 Å². The second-order valence-electron chi connectivity index (χ2n) is 5.75. The molecular weight excluding hydrogens is 328 g/mol. The highest BCUT2D eigenvalue weighted by Crippen LogP contribution is 2.26. The fourth-order valence-corrected chi connectivity index (χ4v) is 2.51. The zero-order valence-electron chi connectivity index (χ0n) is 15.2. The number of anilines is 1. The summed E-state index contributed by atoms with van der Waals surface area (Å²) in [5, 5.41) is 3.33. The number of hydrogen-bond donors (Lipinski definition) is 1. The van der Waals surface area contributed by atoms with E-state index in [4.69, 9.17) is 9.47 Å². The van der Waals surface area contributed by atoms with E-state index in [2.05, 4.69) is 27.2 Å². The van der Waals surface area contributed by atoms with Crippen molar-refractivity contribution >= 4 is 5.82 Å². The molecule has 0 aliphatic rings. The van der Waals surface area contributed by atoms with Crippen molar-refractivity contribution in [1.29, 1.82) is 0 Å². The molecule has 2 heterocycles. The maximum atomic E-state index is 5.95. The molecule has 134 valence electrons. The molecule has 1 aromatic carbocycles. The van der Waals surface area contributed by atoms with Crippen molar-refractivity contribution < 1.29 is 9.47 Å². The molecule has 0 bridgehead atoms. The molecule has 3 aromatic rings. The number of pyridine rings is 1. The average molecular weight is 350 g/mol. The van der Waals surface area contributed by atoms with Crippen LogP contribution in [0.25, 0.3) is 0 Å². The van der Waals surface area contributed by atoms with Crippen molar-refractivity contribution in [2.45, 2.75) is 26.8 Å². The van der Waals surface area contributed by atoms with Crippen molar-refractivity contribution in [2.75, 3.05) is 12.4 Å². The lowest BCUT2D eigenvalue weighted by molar-refractivity contribution is 0.406. The van der Waals surface area contributed by atoms with E-state index in [1.807, 2.05) is 49.4 Å². The first-order chi connectivity index (χ1) is 12.7. The number of aryl methyl sites for hydroxylation is 2. The molecule has 0 aliphatic carbocycles. The second-order valence-corrected chi connectivity index (χ2v) is 5.75. The molecule has 3 rings (SSSR count). The fourth-order valence-electron chi connectivity index (χ4n) is 2.51. The molecule has 1 N–H and O–H groups in total. The van der Waals surface area contributed by atoms with E-state index in [1.165, 1.54) is 0 Å². The molecule has 0 radical (unpaired) electrons. The molecular formula is C20H22N4O2. The summed E-state index contributed by atoms with van der Waals surface area (Å²) in [5.74, 6) is 3.52. The molecule has 0 amide bonds. The van der Waals surface area contributed by atoms with E-state index in [1.54, 1.807) is 13.3 Å². The second kappa shape index (κ2) is 8.29. The Balaban J connectivity index is 1.76. The van der Waals surface area contributed by atoms with Crippen LogP contribution in [0.3, 0.4) is 0 Å². The van der Waals surface area contributed by atoms with Gasteiger partial charge in [0.25, 0.3) is 0 Å². The molecule has 0 atom stereocenters. The quantitative estimate of drug-likeness (QED) is 0.690. The number of benzene rings is 1. The zero-order chi connectivity index (χ0) is 18.4. The van der Waals surface area contributed by atoms with E-state index in [0.717, 1.165) is 35.1 Å². The minimum absolute atomic E-state index is 0.548. The third kappa shape index (κ3) is 4.47. The lowest BCUT2D eigenvalue weighted by atomic mass is 10.2. The van der Waals surface area contributed by atoms with Gasteiger partial charge in [0.2, 0.25) is 5.88 Å². The van der Waals surface area contributed by atoms with E-state index in [0.29, 0.717) is 18.2 Å². The molecule has 0 saturated heterocycles. The number of rotatable bonds is 7. The summed E-state index contributed by atoms with van der Waals surface area (Å²) in [7, 11) is 1.63. The van der Waals surface area contributed by atoms with Gasteiger partial charge >= 0.3 is 0 Å². The summed E-state index contributed by atoms with van der Waals surface area (Å²) in [6.45, 7) is 4.52. The first-order valence-electron chi connectivity index (χ1n) is 8.52. The van der Waals surface area contributed by atoms with E-state index in [-0.39, 0.29) is 0 Å². The Bertz CT molecular complexity index is 883. The summed E-state index contributed by atoms with van der Waals surface area (Å²) in [6.07, 6.45) is 2.58. The number of aromatic nitrogens is 3. The van der Waals surface area contributed by atoms with Gasteiger partial charge in [0.05, 0.1) is 7.11 Å². The van der Waals surface area contributed by atoms with Gasteiger partial charge in [-0.25, -0.2) is 15.0 Å². The predicted octanol–water partition coefficient (Wildman–Crippen LogP) is 4.16. The van der Waals surface area contributed by atoms with Gasteiger partial charge in [-0.2, -0.15) is 0 Å². The highest BCUT2D eigenvalue weighted by molar-refractivity contribution is 5.41. The van der Waals surface area contributed by atoms with Crippen LogP contribution in [0.5, 0.6) is 17.4 Å².